The zero-order valence-corrected chi connectivity index (χ0v) is 21.8. The first-order valence-corrected chi connectivity index (χ1v) is 14.2. The third-order valence-corrected chi connectivity index (χ3v) is 9.49. The molecule has 6 rings (SSSR count). The molecular weight excluding hydrogens is 518 g/mol. The molecule has 1 fully saturated rings. The van der Waals surface area contributed by atoms with E-state index < -0.39 is 21.9 Å². The number of thiophene rings is 1. The van der Waals surface area contributed by atoms with Gasteiger partial charge in [0.1, 0.15) is 0 Å². The van der Waals surface area contributed by atoms with Crippen LogP contribution in [0, 0.1) is 19.4 Å². The molecule has 0 radical (unpaired) electrons. The SMILES string of the molecule is [C-]#[N+]c1sccc1-c1c(-c2cccc(C3CC3C(=O)O)c2)n(S(=O)(=O)c2ccc(C)cc2)c2cccnc12. The van der Waals surface area contributed by atoms with Gasteiger partial charge in [0, 0.05) is 22.9 Å². The third kappa shape index (κ3) is 3.81. The van der Waals surface area contributed by atoms with Crippen LogP contribution < -0.4 is 0 Å². The number of aromatic nitrogens is 2. The van der Waals surface area contributed by atoms with Gasteiger partial charge >= 0.3 is 5.97 Å². The van der Waals surface area contributed by atoms with Gasteiger partial charge in [-0.05, 0) is 60.5 Å². The molecule has 38 heavy (non-hydrogen) atoms. The number of benzene rings is 2. The highest BCUT2D eigenvalue weighted by Crippen LogP contribution is 2.50. The van der Waals surface area contributed by atoms with Crippen LogP contribution in [0.5, 0.6) is 0 Å². The molecule has 3 heterocycles. The molecule has 1 saturated carbocycles. The highest BCUT2D eigenvalue weighted by molar-refractivity contribution is 7.90. The van der Waals surface area contributed by atoms with E-state index in [0.717, 1.165) is 11.1 Å². The Kier molecular flexibility index (Phi) is 5.67. The Morgan fingerprint density at radius 1 is 1.13 bits per heavy atom. The minimum atomic E-state index is -4.08. The average molecular weight is 540 g/mol. The van der Waals surface area contributed by atoms with E-state index in [0.29, 0.717) is 44.8 Å². The molecule has 3 aromatic heterocycles. The molecule has 0 amide bonds. The lowest BCUT2D eigenvalue weighted by Gasteiger charge is -2.15. The summed E-state index contributed by atoms with van der Waals surface area (Å²) < 4.78 is 29.8. The minimum Gasteiger partial charge on any atom is -0.481 e. The Morgan fingerprint density at radius 3 is 2.63 bits per heavy atom. The lowest BCUT2D eigenvalue weighted by atomic mass is 9.99. The summed E-state index contributed by atoms with van der Waals surface area (Å²) in [5.74, 6) is -1.40. The van der Waals surface area contributed by atoms with Crippen LogP contribution in [-0.2, 0) is 14.8 Å². The van der Waals surface area contributed by atoms with Gasteiger partial charge in [-0.1, -0.05) is 42.0 Å². The quantitative estimate of drug-likeness (QED) is 0.242. The van der Waals surface area contributed by atoms with E-state index in [4.69, 9.17) is 6.57 Å². The third-order valence-electron chi connectivity index (χ3n) is 6.95. The Balaban J connectivity index is 1.70. The van der Waals surface area contributed by atoms with Gasteiger partial charge in [0.25, 0.3) is 10.0 Å². The molecule has 0 bridgehead atoms. The summed E-state index contributed by atoms with van der Waals surface area (Å²) in [7, 11) is -4.08. The molecule has 2 atom stereocenters. The molecule has 2 unspecified atom stereocenters. The van der Waals surface area contributed by atoms with Crippen molar-refractivity contribution in [2.24, 2.45) is 5.92 Å². The van der Waals surface area contributed by atoms with Gasteiger partial charge in [-0.3, -0.25) is 9.78 Å². The van der Waals surface area contributed by atoms with Crippen LogP contribution in [0.1, 0.15) is 23.5 Å². The lowest BCUT2D eigenvalue weighted by Crippen LogP contribution is -2.14. The molecule has 188 valence electrons. The average Bonchev–Trinajstić information content (AvgIpc) is 3.46. The van der Waals surface area contributed by atoms with E-state index in [9.17, 15) is 18.3 Å². The smallest absolute Gasteiger partial charge is 0.307 e. The number of carboxylic acid groups (broad SMARTS) is 1. The largest absolute Gasteiger partial charge is 0.481 e. The van der Waals surface area contributed by atoms with E-state index in [1.54, 1.807) is 42.6 Å². The predicted molar refractivity (Wildman–Crippen MR) is 147 cm³/mol. The molecule has 5 aromatic rings. The fourth-order valence-corrected chi connectivity index (χ4v) is 7.22. The molecule has 0 aliphatic heterocycles. The van der Waals surface area contributed by atoms with E-state index in [-0.39, 0.29) is 10.8 Å². The maximum atomic E-state index is 14.3. The van der Waals surface area contributed by atoms with Gasteiger partial charge in [-0.25, -0.2) is 17.2 Å². The van der Waals surface area contributed by atoms with Crippen LogP contribution in [0.25, 0.3) is 38.3 Å². The standard InChI is InChI=1S/C29H21N3O4S2/c1-17-8-10-20(11-9-17)38(35,36)32-24-7-4-13-31-26(24)25(21-12-14-37-28(21)30-2)27(32)19-6-3-5-18(15-19)22-16-23(22)29(33)34/h3-15,22-23H,16H2,1H3,(H,33,34). The van der Waals surface area contributed by atoms with Gasteiger partial charge in [0.05, 0.1) is 34.1 Å². The van der Waals surface area contributed by atoms with Crippen LogP contribution in [-0.4, -0.2) is 28.5 Å². The van der Waals surface area contributed by atoms with E-state index in [1.165, 1.54) is 15.3 Å². The number of hydrogen-bond donors (Lipinski definition) is 1. The second-order valence-corrected chi connectivity index (χ2v) is 12.0. The first-order chi connectivity index (χ1) is 18.3. The molecule has 2 aromatic carbocycles. The van der Waals surface area contributed by atoms with Crippen molar-refractivity contribution in [3.05, 3.63) is 101 Å². The fourth-order valence-electron chi connectivity index (χ4n) is 5.00. The summed E-state index contributed by atoms with van der Waals surface area (Å²) in [5.41, 5.74) is 4.85. The van der Waals surface area contributed by atoms with Crippen LogP contribution in [0.4, 0.5) is 5.00 Å². The number of carboxylic acids is 1. The van der Waals surface area contributed by atoms with E-state index >= 15 is 0 Å². The first kappa shape index (κ1) is 24.1. The van der Waals surface area contributed by atoms with Crippen molar-refractivity contribution in [1.29, 1.82) is 0 Å². The normalized spacial score (nSPS) is 16.8. The number of fused-ring (bicyclic) bond motifs is 1. The number of aliphatic carboxylic acids is 1. The lowest BCUT2D eigenvalue weighted by molar-refractivity contribution is -0.138. The van der Waals surface area contributed by atoms with E-state index in [2.05, 4.69) is 9.83 Å². The monoisotopic (exact) mass is 539 g/mol. The van der Waals surface area contributed by atoms with Gasteiger partial charge in [-0.2, -0.15) is 11.3 Å². The topological polar surface area (TPSA) is 93.6 Å². The minimum absolute atomic E-state index is 0.125. The first-order valence-electron chi connectivity index (χ1n) is 11.9. The fraction of sp³-hybridized carbons (Fsp3) is 0.138. The molecule has 1 aliphatic carbocycles. The van der Waals surface area contributed by atoms with Crippen molar-refractivity contribution in [3.8, 4) is 22.4 Å². The van der Waals surface area contributed by atoms with Crippen LogP contribution >= 0.6 is 11.3 Å². The molecule has 7 nitrogen and oxygen atoms in total. The maximum absolute atomic E-state index is 14.3. The van der Waals surface area contributed by atoms with Crippen LogP contribution in [0.15, 0.2) is 83.2 Å². The molecule has 0 saturated heterocycles. The summed E-state index contributed by atoms with van der Waals surface area (Å²) >= 11 is 1.29. The summed E-state index contributed by atoms with van der Waals surface area (Å²) in [6.45, 7) is 9.61. The number of pyridine rings is 1. The van der Waals surface area contributed by atoms with Crippen LogP contribution in [0.3, 0.4) is 0 Å². The highest BCUT2D eigenvalue weighted by atomic mass is 32.2. The van der Waals surface area contributed by atoms with Gasteiger partial charge in [0.15, 0.2) is 0 Å². The van der Waals surface area contributed by atoms with Crippen molar-refractivity contribution < 1.29 is 18.3 Å². The second-order valence-electron chi connectivity index (χ2n) is 9.34. The van der Waals surface area contributed by atoms with E-state index in [1.807, 2.05) is 42.6 Å². The zero-order chi connectivity index (χ0) is 26.6. The Hall–Kier alpha value is -4.26. The predicted octanol–water partition coefficient (Wildman–Crippen LogP) is 6.72. The molecule has 9 heteroatoms. The Bertz CT molecular complexity index is 1880. The van der Waals surface area contributed by atoms with Crippen molar-refractivity contribution in [2.75, 3.05) is 0 Å². The van der Waals surface area contributed by atoms with Gasteiger partial charge in [0.2, 0.25) is 5.00 Å². The number of nitrogens with zero attached hydrogens (tertiary/aromatic N) is 3. The molecule has 1 N–H and O–H groups in total. The molecule has 0 spiro atoms. The van der Waals surface area contributed by atoms with Crippen molar-refractivity contribution in [1.82, 2.24) is 8.96 Å². The highest BCUT2D eigenvalue weighted by Gasteiger charge is 2.44. The summed E-state index contributed by atoms with van der Waals surface area (Å²) in [6.07, 6.45) is 2.16. The van der Waals surface area contributed by atoms with Crippen molar-refractivity contribution >= 4 is 43.4 Å². The summed E-state index contributed by atoms with van der Waals surface area (Å²) in [4.78, 5) is 20.0. The summed E-state index contributed by atoms with van der Waals surface area (Å²) in [5, 5.41) is 11.7. The Labute approximate surface area is 223 Å². The Morgan fingerprint density at radius 2 is 1.92 bits per heavy atom. The summed E-state index contributed by atoms with van der Waals surface area (Å²) in [6, 6.07) is 19.3. The van der Waals surface area contributed by atoms with Crippen molar-refractivity contribution in [2.45, 2.75) is 24.2 Å². The second kappa shape index (κ2) is 8.94. The van der Waals surface area contributed by atoms with Gasteiger partial charge < -0.3 is 5.11 Å². The molecule has 1 aliphatic rings. The van der Waals surface area contributed by atoms with Crippen molar-refractivity contribution in [3.63, 3.8) is 0 Å². The number of carbonyl (C=O) groups is 1. The molecular formula is C29H21N3O4S2. The van der Waals surface area contributed by atoms with Gasteiger partial charge in [-0.15, -0.1) is 0 Å². The zero-order valence-electron chi connectivity index (χ0n) is 20.2. The van der Waals surface area contributed by atoms with Crippen LogP contribution in [0.2, 0.25) is 0 Å². The number of hydrogen-bond acceptors (Lipinski definition) is 5. The number of aryl methyl sites for hydroxylation is 1. The maximum Gasteiger partial charge on any atom is 0.307 e. The number of rotatable bonds is 6.